The van der Waals surface area contributed by atoms with Crippen molar-refractivity contribution in [2.24, 2.45) is 17.3 Å². The Bertz CT molecular complexity index is 1830. The van der Waals surface area contributed by atoms with Crippen LogP contribution in [-0.2, 0) is 53.4 Å². The van der Waals surface area contributed by atoms with Crippen molar-refractivity contribution in [1.82, 2.24) is 25.2 Å². The van der Waals surface area contributed by atoms with Crippen LogP contribution in [0.25, 0.3) is 0 Å². The quantitative estimate of drug-likeness (QED) is 0.385. The molecule has 3 N–H and O–H groups in total. The van der Waals surface area contributed by atoms with E-state index in [2.05, 4.69) is 21.4 Å². The molecule has 3 aliphatic carbocycles. The maximum Gasteiger partial charge on any atom is 0.410 e. The number of rotatable bonds is 6. The lowest BCUT2D eigenvalue weighted by molar-refractivity contribution is -0.143. The summed E-state index contributed by atoms with van der Waals surface area (Å²) in [5.41, 5.74) is 0.510. The number of nitrogens with one attached hydrogen (secondary N) is 3. The van der Waals surface area contributed by atoms with Gasteiger partial charge in [0.1, 0.15) is 29.3 Å². The molecule has 15 heteroatoms. The van der Waals surface area contributed by atoms with E-state index in [1.54, 1.807) is 25.7 Å². The summed E-state index contributed by atoms with van der Waals surface area (Å²) < 4.78 is 39.6. The van der Waals surface area contributed by atoms with Crippen LogP contribution in [0.15, 0.2) is 18.2 Å². The Labute approximate surface area is 317 Å². The van der Waals surface area contributed by atoms with Crippen LogP contribution in [-0.4, -0.2) is 89.2 Å². The summed E-state index contributed by atoms with van der Waals surface area (Å²) in [6.07, 6.45) is 5.11. The third kappa shape index (κ3) is 7.66. The Kier molecular flexibility index (Phi) is 9.96. The molecule has 1 saturated heterocycles. The summed E-state index contributed by atoms with van der Waals surface area (Å²) in [5, 5.41) is 5.02. The van der Waals surface area contributed by atoms with Crippen molar-refractivity contribution in [3.8, 4) is 0 Å². The highest BCUT2D eigenvalue weighted by Crippen LogP contribution is 2.50. The first-order valence-corrected chi connectivity index (χ1v) is 21.2. The van der Waals surface area contributed by atoms with Gasteiger partial charge in [0.15, 0.2) is 0 Å². The predicted molar refractivity (Wildman–Crippen MR) is 197 cm³/mol. The smallest absolute Gasteiger partial charge is 0.410 e. The van der Waals surface area contributed by atoms with Crippen LogP contribution >= 0.6 is 0 Å². The van der Waals surface area contributed by atoms with Crippen molar-refractivity contribution in [1.29, 1.82) is 0 Å². The molecule has 54 heavy (non-hydrogen) atoms. The van der Waals surface area contributed by atoms with Gasteiger partial charge in [0.05, 0.1) is 11.8 Å². The zero-order chi connectivity index (χ0) is 38.8. The van der Waals surface area contributed by atoms with Gasteiger partial charge in [-0.25, -0.2) is 18.0 Å². The fourth-order valence-corrected chi connectivity index (χ4v) is 10.1. The van der Waals surface area contributed by atoms with Crippen LogP contribution in [0, 0.1) is 17.3 Å². The van der Waals surface area contributed by atoms with E-state index in [1.807, 2.05) is 26.0 Å². The summed E-state index contributed by atoms with van der Waals surface area (Å²) in [4.78, 5) is 72.5. The van der Waals surface area contributed by atoms with Crippen LogP contribution in [0.2, 0.25) is 0 Å². The first kappa shape index (κ1) is 38.4. The van der Waals surface area contributed by atoms with Crippen molar-refractivity contribution in [3.63, 3.8) is 0 Å². The zero-order valence-electron chi connectivity index (χ0n) is 32.1. The zero-order valence-corrected chi connectivity index (χ0v) is 32.9. The lowest BCUT2D eigenvalue weighted by atomic mass is 9.85. The van der Waals surface area contributed by atoms with E-state index in [-0.39, 0.29) is 31.2 Å². The highest BCUT2D eigenvalue weighted by atomic mass is 32.2. The Morgan fingerprint density at radius 3 is 2.44 bits per heavy atom. The number of nitrogens with zero attached hydrogens (tertiary/aromatic N) is 2. The van der Waals surface area contributed by atoms with E-state index in [9.17, 15) is 32.4 Å². The molecule has 5 amide bonds. The van der Waals surface area contributed by atoms with Crippen LogP contribution in [0.5, 0.6) is 0 Å². The predicted octanol–water partition coefficient (Wildman–Crippen LogP) is 4.04. The molecule has 0 radical (unpaired) electrons. The van der Waals surface area contributed by atoms with Gasteiger partial charge >= 0.3 is 12.2 Å². The summed E-state index contributed by atoms with van der Waals surface area (Å²) in [6, 6.07) is 3.87. The van der Waals surface area contributed by atoms with Gasteiger partial charge in [-0.15, -0.1) is 0 Å². The van der Waals surface area contributed by atoms with E-state index in [4.69, 9.17) is 9.47 Å². The number of fused-ring (bicyclic) bond motifs is 4. The summed E-state index contributed by atoms with van der Waals surface area (Å²) in [7, 11) is -3.88. The average molecular weight is 770 g/mol. The second-order valence-corrected chi connectivity index (χ2v) is 19.7. The van der Waals surface area contributed by atoms with Gasteiger partial charge < -0.3 is 25.0 Å². The number of ether oxygens (including phenoxy) is 2. The van der Waals surface area contributed by atoms with Gasteiger partial charge in [-0.05, 0) is 79.9 Å². The van der Waals surface area contributed by atoms with Crippen LogP contribution < -0.4 is 15.4 Å². The molecule has 4 bridgehead atoms. The maximum atomic E-state index is 14.6. The van der Waals surface area contributed by atoms with Crippen LogP contribution in [0.3, 0.4) is 0 Å². The lowest BCUT2D eigenvalue weighted by Gasteiger charge is -2.35. The second kappa shape index (κ2) is 14.0. The van der Waals surface area contributed by atoms with Gasteiger partial charge in [-0.2, -0.15) is 0 Å². The van der Waals surface area contributed by atoms with Crippen LogP contribution in [0.4, 0.5) is 9.59 Å². The van der Waals surface area contributed by atoms with Crippen LogP contribution in [0.1, 0.15) is 116 Å². The van der Waals surface area contributed by atoms with Gasteiger partial charge in [-0.1, -0.05) is 65.2 Å². The summed E-state index contributed by atoms with van der Waals surface area (Å²) in [5.74, 6) is -2.08. The Morgan fingerprint density at radius 1 is 1.02 bits per heavy atom. The normalized spacial score (nSPS) is 33.1. The molecule has 0 aromatic heterocycles. The number of benzene rings is 1. The number of alkyl carbamates (subject to hydrolysis) is 1. The highest BCUT2D eigenvalue weighted by molar-refractivity contribution is 7.91. The number of carbonyl (C=O) groups excluding carboxylic acids is 5. The largest absolute Gasteiger partial charge is 0.444 e. The Balaban J connectivity index is 1.16. The van der Waals surface area contributed by atoms with Gasteiger partial charge in [0.2, 0.25) is 21.8 Å². The lowest BCUT2D eigenvalue weighted by Crippen LogP contribution is -2.60. The fraction of sp³-hybridized carbons (Fsp3) is 0.718. The minimum atomic E-state index is -3.88. The molecule has 296 valence electrons. The first-order chi connectivity index (χ1) is 25.4. The number of hydrogen-bond donors (Lipinski definition) is 3. The molecule has 7 rings (SSSR count). The monoisotopic (exact) mass is 769 g/mol. The molecule has 7 unspecified atom stereocenters. The molecule has 3 aliphatic heterocycles. The molecule has 3 heterocycles. The fourth-order valence-electron chi connectivity index (χ4n) is 8.76. The van der Waals surface area contributed by atoms with E-state index in [1.165, 1.54) is 10.5 Å². The van der Waals surface area contributed by atoms with Gasteiger partial charge in [0, 0.05) is 25.4 Å². The van der Waals surface area contributed by atoms with E-state index in [0.717, 1.165) is 49.7 Å². The SMILES string of the molecule is CCC1CC1(NC(=O)C1CC2CN1C(=O)C(C(C)(C)C)NC(=O)OC1(C)CC1CCCCCc1cccc3c1CN(C3)C(=O)O2)C(=O)NS(=O)(=O)C1CC1. The van der Waals surface area contributed by atoms with E-state index in [0.29, 0.717) is 32.4 Å². The van der Waals surface area contributed by atoms with E-state index < -0.39 is 79.9 Å². The molecule has 0 spiro atoms. The Hall–Kier alpha value is -3.88. The van der Waals surface area contributed by atoms with Crippen molar-refractivity contribution < 1.29 is 41.9 Å². The molecule has 1 aromatic rings. The molecule has 6 aliphatic rings. The molecule has 7 atom stereocenters. The van der Waals surface area contributed by atoms with Crippen molar-refractivity contribution in [3.05, 3.63) is 34.9 Å². The van der Waals surface area contributed by atoms with Gasteiger partial charge in [-0.3, -0.25) is 24.0 Å². The number of hydrogen-bond acceptors (Lipinski definition) is 9. The third-order valence-corrected chi connectivity index (χ3v) is 14.4. The second-order valence-electron chi connectivity index (χ2n) is 17.8. The number of carbonyl (C=O) groups is 5. The minimum absolute atomic E-state index is 0.0503. The van der Waals surface area contributed by atoms with E-state index >= 15 is 0 Å². The number of amides is 5. The standard InChI is InChI=1S/C39H55N5O9S/c1-6-25-19-39(25,34(47)42-54(50,51)28-15-16-28)41-32(45)30-17-27-21-44(30)33(46)31(37(2,3)4)40-35(48)53-38(5)18-26(38)14-9-7-8-11-23-12-10-13-24-20-43(22-29(23)24)36(49)52-27/h10,12-13,25-28,30-31H,6-9,11,14-22H2,1-5H3,(H,40,48)(H,41,45)(H,42,47). The molecular weight excluding hydrogens is 715 g/mol. The molecule has 1 aromatic carbocycles. The molecule has 14 nitrogen and oxygen atoms in total. The first-order valence-electron chi connectivity index (χ1n) is 19.7. The van der Waals surface area contributed by atoms with Crippen molar-refractivity contribution >= 4 is 39.9 Å². The molecule has 4 fully saturated rings. The van der Waals surface area contributed by atoms with Crippen molar-refractivity contribution in [2.75, 3.05) is 6.54 Å². The van der Waals surface area contributed by atoms with Gasteiger partial charge in [0.25, 0.3) is 5.91 Å². The third-order valence-electron chi connectivity index (χ3n) is 12.6. The minimum Gasteiger partial charge on any atom is -0.444 e. The number of sulfonamides is 1. The highest BCUT2D eigenvalue weighted by Gasteiger charge is 2.62. The summed E-state index contributed by atoms with van der Waals surface area (Å²) >= 11 is 0. The maximum absolute atomic E-state index is 14.6. The average Bonchev–Trinajstić information content (AvgIpc) is 4.05. The Morgan fingerprint density at radius 2 is 1.76 bits per heavy atom. The molecule has 3 saturated carbocycles. The molecular formula is C39H55N5O9S. The topological polar surface area (TPSA) is 181 Å². The number of aryl methyl sites for hydroxylation is 1. The van der Waals surface area contributed by atoms with Crippen molar-refractivity contribution in [2.45, 2.75) is 153 Å². The summed E-state index contributed by atoms with van der Waals surface area (Å²) in [6.45, 7) is 9.85.